The monoisotopic (exact) mass is 454 g/mol. The molecule has 1 heterocycles. The molecule has 0 saturated carbocycles. The van der Waals surface area contributed by atoms with Gasteiger partial charge >= 0.3 is 0 Å². The SMILES string of the molecule is Cc1cccc(NC(=O)C2CCCN(S(=O)(=O)Cc3ccc(Cl)cc3Cl)C2)c1C. The van der Waals surface area contributed by atoms with Crippen molar-refractivity contribution >= 4 is 44.8 Å². The van der Waals surface area contributed by atoms with Gasteiger partial charge in [-0.05, 0) is 61.6 Å². The van der Waals surface area contributed by atoms with Crippen LogP contribution in [0.5, 0.6) is 0 Å². The van der Waals surface area contributed by atoms with Crippen LogP contribution < -0.4 is 5.32 Å². The summed E-state index contributed by atoms with van der Waals surface area (Å²) in [6.07, 6.45) is 1.29. The van der Waals surface area contributed by atoms with Gasteiger partial charge in [0.25, 0.3) is 0 Å². The molecule has 1 atom stereocenters. The Morgan fingerprint density at radius 3 is 2.69 bits per heavy atom. The van der Waals surface area contributed by atoms with Gasteiger partial charge in [0.2, 0.25) is 15.9 Å². The molecule has 1 aliphatic heterocycles. The minimum absolute atomic E-state index is 0.150. The van der Waals surface area contributed by atoms with E-state index in [9.17, 15) is 13.2 Å². The summed E-state index contributed by atoms with van der Waals surface area (Å²) in [5, 5.41) is 3.74. The molecule has 2 aromatic carbocycles. The van der Waals surface area contributed by atoms with Crippen molar-refractivity contribution in [3.05, 3.63) is 63.1 Å². The number of hydrogen-bond acceptors (Lipinski definition) is 3. The van der Waals surface area contributed by atoms with Crippen LogP contribution in [0.25, 0.3) is 0 Å². The lowest BCUT2D eigenvalue weighted by molar-refractivity contribution is -0.120. The van der Waals surface area contributed by atoms with Crippen LogP contribution in [0.1, 0.15) is 29.5 Å². The van der Waals surface area contributed by atoms with Crippen LogP contribution in [-0.2, 0) is 20.6 Å². The molecule has 1 N–H and O–H groups in total. The van der Waals surface area contributed by atoms with E-state index in [0.29, 0.717) is 35.0 Å². The third-order valence-corrected chi connectivity index (χ3v) is 7.75. The number of benzene rings is 2. The average molecular weight is 455 g/mol. The first-order chi connectivity index (χ1) is 13.7. The molecule has 1 unspecified atom stereocenters. The molecule has 0 aliphatic carbocycles. The fourth-order valence-electron chi connectivity index (χ4n) is 3.46. The molecule has 1 amide bonds. The van der Waals surface area contributed by atoms with Crippen LogP contribution >= 0.6 is 23.2 Å². The standard InChI is InChI=1S/C21H24Cl2N2O3S/c1-14-5-3-7-20(15(14)2)24-21(26)16-6-4-10-25(12-16)29(27,28)13-17-8-9-18(22)11-19(17)23/h3,5,7-9,11,16H,4,6,10,12-13H2,1-2H3,(H,24,26). The van der Waals surface area contributed by atoms with Gasteiger partial charge in [-0.15, -0.1) is 0 Å². The highest BCUT2D eigenvalue weighted by Gasteiger charge is 2.33. The van der Waals surface area contributed by atoms with E-state index in [-0.39, 0.29) is 24.1 Å². The number of carbonyl (C=O) groups excluding carboxylic acids is 1. The maximum absolute atomic E-state index is 12.9. The molecule has 5 nitrogen and oxygen atoms in total. The number of nitrogens with one attached hydrogen (secondary N) is 1. The first kappa shape index (κ1) is 22.1. The molecule has 1 fully saturated rings. The first-order valence-corrected chi connectivity index (χ1v) is 11.8. The molecule has 8 heteroatoms. The van der Waals surface area contributed by atoms with Gasteiger partial charge < -0.3 is 5.32 Å². The lowest BCUT2D eigenvalue weighted by Gasteiger charge is -2.31. The zero-order chi connectivity index (χ0) is 21.2. The number of anilines is 1. The summed E-state index contributed by atoms with van der Waals surface area (Å²) in [5.41, 5.74) is 3.37. The van der Waals surface area contributed by atoms with E-state index < -0.39 is 10.0 Å². The predicted octanol–water partition coefficient (Wildman–Crippen LogP) is 4.79. The highest BCUT2D eigenvalue weighted by molar-refractivity contribution is 7.88. The number of halogens is 2. The number of sulfonamides is 1. The molecule has 1 saturated heterocycles. The lowest BCUT2D eigenvalue weighted by Crippen LogP contribution is -2.44. The van der Waals surface area contributed by atoms with E-state index in [4.69, 9.17) is 23.2 Å². The molecule has 1 aliphatic rings. The van der Waals surface area contributed by atoms with Crippen molar-refractivity contribution in [1.82, 2.24) is 4.31 Å². The molecule has 3 rings (SSSR count). The van der Waals surface area contributed by atoms with Crippen molar-refractivity contribution in [3.63, 3.8) is 0 Å². The lowest BCUT2D eigenvalue weighted by atomic mass is 9.98. The van der Waals surface area contributed by atoms with Gasteiger partial charge in [-0.2, -0.15) is 0 Å². The summed E-state index contributed by atoms with van der Waals surface area (Å²) in [7, 11) is -3.60. The molecule has 156 valence electrons. The van der Waals surface area contributed by atoms with Crippen molar-refractivity contribution in [1.29, 1.82) is 0 Å². The van der Waals surface area contributed by atoms with Crippen LogP contribution in [0.4, 0.5) is 5.69 Å². The van der Waals surface area contributed by atoms with Crippen LogP contribution in [-0.4, -0.2) is 31.7 Å². The molecule has 0 spiro atoms. The number of aryl methyl sites for hydroxylation is 1. The number of piperidine rings is 1. The van der Waals surface area contributed by atoms with Gasteiger partial charge in [0.1, 0.15) is 0 Å². The van der Waals surface area contributed by atoms with Crippen LogP contribution in [0.2, 0.25) is 10.0 Å². The van der Waals surface area contributed by atoms with Crippen LogP contribution in [0, 0.1) is 19.8 Å². The number of hydrogen-bond donors (Lipinski definition) is 1. The van der Waals surface area contributed by atoms with Gasteiger partial charge in [0.05, 0.1) is 11.7 Å². The van der Waals surface area contributed by atoms with E-state index in [1.807, 2.05) is 32.0 Å². The zero-order valence-corrected chi connectivity index (χ0v) is 18.7. The number of rotatable bonds is 5. The molecule has 2 aromatic rings. The Bertz CT molecular complexity index is 1020. The van der Waals surface area contributed by atoms with E-state index in [1.165, 1.54) is 10.4 Å². The van der Waals surface area contributed by atoms with Crippen molar-refractivity contribution in [3.8, 4) is 0 Å². The van der Waals surface area contributed by atoms with Gasteiger partial charge in [-0.3, -0.25) is 4.79 Å². The highest BCUT2D eigenvalue weighted by Crippen LogP contribution is 2.27. The van der Waals surface area contributed by atoms with E-state index in [0.717, 1.165) is 16.8 Å². The van der Waals surface area contributed by atoms with Crippen molar-refractivity contribution in [2.24, 2.45) is 5.92 Å². The smallest absolute Gasteiger partial charge is 0.228 e. The Morgan fingerprint density at radius 2 is 1.97 bits per heavy atom. The maximum Gasteiger partial charge on any atom is 0.228 e. The summed E-state index contributed by atoms with van der Waals surface area (Å²) in [6, 6.07) is 10.5. The minimum Gasteiger partial charge on any atom is -0.326 e. The summed E-state index contributed by atoms with van der Waals surface area (Å²) < 4.78 is 27.2. The molecule has 29 heavy (non-hydrogen) atoms. The quantitative estimate of drug-likeness (QED) is 0.705. The largest absolute Gasteiger partial charge is 0.326 e. The summed E-state index contributed by atoms with van der Waals surface area (Å²) in [6.45, 7) is 4.52. The van der Waals surface area contributed by atoms with Gasteiger partial charge in [-0.25, -0.2) is 12.7 Å². The fourth-order valence-corrected chi connectivity index (χ4v) is 5.65. The molecular formula is C21H24Cl2N2O3S. The van der Waals surface area contributed by atoms with Crippen LogP contribution in [0.15, 0.2) is 36.4 Å². The Morgan fingerprint density at radius 1 is 1.21 bits per heavy atom. The van der Waals surface area contributed by atoms with Crippen molar-refractivity contribution in [2.75, 3.05) is 18.4 Å². The predicted molar refractivity (Wildman–Crippen MR) is 118 cm³/mol. The van der Waals surface area contributed by atoms with Crippen molar-refractivity contribution < 1.29 is 13.2 Å². The second-order valence-corrected chi connectivity index (χ2v) is 10.2. The highest BCUT2D eigenvalue weighted by atomic mass is 35.5. The maximum atomic E-state index is 12.9. The third-order valence-electron chi connectivity index (χ3n) is 5.36. The van der Waals surface area contributed by atoms with E-state index in [1.54, 1.807) is 12.1 Å². The van der Waals surface area contributed by atoms with Gasteiger partial charge in [0, 0.05) is 28.8 Å². The van der Waals surface area contributed by atoms with Gasteiger partial charge in [0.15, 0.2) is 0 Å². The summed E-state index contributed by atoms with van der Waals surface area (Å²) in [5.74, 6) is -0.754. The Labute approximate surface area is 182 Å². The Kier molecular flexibility index (Phi) is 6.89. The fraction of sp³-hybridized carbons (Fsp3) is 0.381. The first-order valence-electron chi connectivity index (χ1n) is 9.46. The Balaban J connectivity index is 1.70. The molecule has 0 aromatic heterocycles. The second-order valence-electron chi connectivity index (χ2n) is 7.43. The van der Waals surface area contributed by atoms with Gasteiger partial charge in [-0.1, -0.05) is 41.4 Å². The van der Waals surface area contributed by atoms with Crippen molar-refractivity contribution in [2.45, 2.75) is 32.4 Å². The normalized spacial score (nSPS) is 17.9. The van der Waals surface area contributed by atoms with E-state index in [2.05, 4.69) is 5.32 Å². The third kappa shape index (κ3) is 5.31. The van der Waals surface area contributed by atoms with Crippen LogP contribution in [0.3, 0.4) is 0 Å². The second kappa shape index (κ2) is 9.04. The summed E-state index contributed by atoms with van der Waals surface area (Å²) in [4.78, 5) is 12.8. The van der Waals surface area contributed by atoms with E-state index >= 15 is 0 Å². The minimum atomic E-state index is -3.60. The number of nitrogens with zero attached hydrogens (tertiary/aromatic N) is 1. The zero-order valence-electron chi connectivity index (χ0n) is 16.4. The average Bonchev–Trinajstić information content (AvgIpc) is 2.68. The topological polar surface area (TPSA) is 66.5 Å². The molecule has 0 radical (unpaired) electrons. The Hall–Kier alpha value is -1.60. The number of amides is 1. The number of carbonyl (C=O) groups is 1. The summed E-state index contributed by atoms with van der Waals surface area (Å²) >= 11 is 12.0. The molecular weight excluding hydrogens is 431 g/mol. The molecule has 0 bridgehead atoms.